The topological polar surface area (TPSA) is 52.3 Å². The first-order chi connectivity index (χ1) is 3.66. The number of hydrogen-bond acceptors (Lipinski definition) is 4. The van der Waals surface area contributed by atoms with Gasteiger partial charge in [0, 0.05) is 18.6 Å². The molecule has 0 atom stereocenters. The Kier molecular flexibility index (Phi) is 3.10. The summed E-state index contributed by atoms with van der Waals surface area (Å²) in [7, 11) is 0. The molecule has 0 aromatic rings. The van der Waals surface area contributed by atoms with Gasteiger partial charge in [-0.05, 0) is 0 Å². The molecule has 0 aliphatic heterocycles. The van der Waals surface area contributed by atoms with Gasteiger partial charge in [-0.15, -0.1) is 0 Å². The number of thiol groups is 1. The second-order valence-electron chi connectivity index (χ2n) is 1.30. The molecule has 0 aliphatic carbocycles. The van der Waals surface area contributed by atoms with Crippen LogP contribution in [0.5, 0.6) is 0 Å². The third-order valence-electron chi connectivity index (χ3n) is 0.473. The van der Waals surface area contributed by atoms with Gasteiger partial charge in [0.25, 0.3) is 0 Å². The molecule has 0 rings (SSSR count). The van der Waals surface area contributed by atoms with Crippen LogP contribution in [0.2, 0.25) is 0 Å². The van der Waals surface area contributed by atoms with E-state index in [1.807, 2.05) is 0 Å². The predicted molar refractivity (Wildman–Crippen MR) is 33.0 cm³/mol. The van der Waals surface area contributed by atoms with Crippen molar-refractivity contribution < 1.29 is 8.98 Å². The van der Waals surface area contributed by atoms with E-state index in [0.717, 1.165) is 0 Å². The van der Waals surface area contributed by atoms with Crippen molar-refractivity contribution in [2.45, 2.75) is 6.42 Å². The maximum Gasteiger partial charge on any atom is 0.323 e. The summed E-state index contributed by atoms with van der Waals surface area (Å²) in [4.78, 5) is 10.2. The lowest BCUT2D eigenvalue weighted by Gasteiger charge is -1.93. The number of nitrogens with two attached hydrogens (primary N) is 1. The van der Waals surface area contributed by atoms with Crippen LogP contribution in [0.3, 0.4) is 0 Å². The van der Waals surface area contributed by atoms with E-state index in [-0.39, 0.29) is 12.1 Å². The predicted octanol–water partition coefficient (Wildman–Crippen LogP) is 0.237. The van der Waals surface area contributed by atoms with Gasteiger partial charge in [-0.25, -0.2) is 0 Å². The average Bonchev–Trinajstić information content (AvgIpc) is 1.65. The Morgan fingerprint density at radius 2 is 2.38 bits per heavy atom. The van der Waals surface area contributed by atoms with E-state index in [1.54, 1.807) is 0 Å². The summed E-state index contributed by atoms with van der Waals surface area (Å²) < 4.78 is 3.98. The Labute approximate surface area is 53.1 Å². The van der Waals surface area contributed by atoms with Gasteiger partial charge in [-0.1, -0.05) is 6.58 Å². The van der Waals surface area contributed by atoms with Crippen molar-refractivity contribution in [2.75, 3.05) is 0 Å². The van der Waals surface area contributed by atoms with Gasteiger partial charge < -0.3 is 9.92 Å². The van der Waals surface area contributed by atoms with Gasteiger partial charge in [-0.3, -0.25) is 4.79 Å². The lowest BCUT2D eigenvalue weighted by atomic mass is 10.4. The zero-order chi connectivity index (χ0) is 6.57. The molecule has 46 valence electrons. The highest BCUT2D eigenvalue weighted by atomic mass is 32.1. The molecule has 0 aromatic carbocycles. The van der Waals surface area contributed by atoms with E-state index in [2.05, 4.69) is 23.7 Å². The minimum absolute atomic E-state index is 0.0312. The molecule has 0 aliphatic rings. The lowest BCUT2D eigenvalue weighted by molar-refractivity contribution is -0.132. The molecular formula is C4H7NO2S. The van der Waals surface area contributed by atoms with Crippen LogP contribution in [0, 0.1) is 0 Å². The Morgan fingerprint density at radius 3 is 2.50 bits per heavy atom. The maximum atomic E-state index is 10.2. The fourth-order valence-corrected chi connectivity index (χ4v) is 0.282. The molecule has 2 N–H and O–H groups in total. The lowest BCUT2D eigenvalue weighted by Crippen LogP contribution is -2.03. The second kappa shape index (κ2) is 3.37. The van der Waals surface area contributed by atoms with Crippen molar-refractivity contribution in [3.63, 3.8) is 0 Å². The SMILES string of the molecule is C=C(N)CC(=O)OS. The summed E-state index contributed by atoms with van der Waals surface area (Å²) in [5.41, 5.74) is 5.32. The summed E-state index contributed by atoms with van der Waals surface area (Å²) in [6, 6.07) is 0. The van der Waals surface area contributed by atoms with Crippen LogP contribution >= 0.6 is 12.9 Å². The molecular weight excluding hydrogens is 126 g/mol. The summed E-state index contributed by atoms with van der Waals surface area (Å²) in [5.74, 6) is -0.485. The van der Waals surface area contributed by atoms with Crippen LogP contribution in [0.15, 0.2) is 12.3 Å². The van der Waals surface area contributed by atoms with Gasteiger partial charge in [0.15, 0.2) is 0 Å². The van der Waals surface area contributed by atoms with E-state index in [4.69, 9.17) is 5.73 Å². The molecule has 0 saturated heterocycles. The van der Waals surface area contributed by atoms with E-state index >= 15 is 0 Å². The third kappa shape index (κ3) is 3.55. The number of rotatable bonds is 2. The normalized spacial score (nSPS) is 8.12. The van der Waals surface area contributed by atoms with Crippen molar-refractivity contribution in [1.29, 1.82) is 0 Å². The molecule has 4 heteroatoms. The Balaban J connectivity index is 3.40. The van der Waals surface area contributed by atoms with Crippen LogP contribution in [0.25, 0.3) is 0 Å². The molecule has 0 saturated carbocycles. The molecule has 0 spiro atoms. The maximum absolute atomic E-state index is 10.2. The second-order valence-corrected chi connectivity index (χ2v) is 1.48. The van der Waals surface area contributed by atoms with Gasteiger partial charge in [0.2, 0.25) is 0 Å². The largest absolute Gasteiger partial charge is 0.402 e. The van der Waals surface area contributed by atoms with Crippen LogP contribution in [-0.2, 0) is 8.98 Å². The van der Waals surface area contributed by atoms with Crippen LogP contribution in [0.1, 0.15) is 6.42 Å². The van der Waals surface area contributed by atoms with Crippen molar-refractivity contribution in [2.24, 2.45) is 5.73 Å². The Morgan fingerprint density at radius 1 is 1.88 bits per heavy atom. The zero-order valence-corrected chi connectivity index (χ0v) is 5.15. The van der Waals surface area contributed by atoms with Gasteiger partial charge in [0.05, 0.1) is 6.42 Å². The average molecular weight is 133 g/mol. The van der Waals surface area contributed by atoms with Gasteiger partial charge >= 0.3 is 5.97 Å². The summed E-state index contributed by atoms with van der Waals surface area (Å²) in [6.07, 6.45) is 0.0312. The first kappa shape index (κ1) is 7.36. The molecule has 0 fully saturated rings. The first-order valence-electron chi connectivity index (χ1n) is 1.94. The van der Waals surface area contributed by atoms with Crippen molar-refractivity contribution in [1.82, 2.24) is 0 Å². The van der Waals surface area contributed by atoms with E-state index in [0.29, 0.717) is 0 Å². The first-order valence-corrected chi connectivity index (χ1v) is 2.31. The van der Waals surface area contributed by atoms with Crippen molar-refractivity contribution in [3.8, 4) is 0 Å². The highest BCUT2D eigenvalue weighted by molar-refractivity contribution is 7.75. The molecule has 0 heterocycles. The van der Waals surface area contributed by atoms with Gasteiger partial charge in [0.1, 0.15) is 0 Å². The van der Waals surface area contributed by atoms with E-state index < -0.39 is 5.97 Å². The molecule has 0 aromatic heterocycles. The van der Waals surface area contributed by atoms with Crippen molar-refractivity contribution in [3.05, 3.63) is 12.3 Å². The van der Waals surface area contributed by atoms with E-state index in [1.165, 1.54) is 0 Å². The summed E-state index contributed by atoms with van der Waals surface area (Å²) in [5, 5.41) is 0. The van der Waals surface area contributed by atoms with Gasteiger partial charge in [-0.2, -0.15) is 0 Å². The molecule has 8 heavy (non-hydrogen) atoms. The smallest absolute Gasteiger partial charge is 0.323 e. The summed E-state index contributed by atoms with van der Waals surface area (Å²) >= 11 is 3.24. The molecule has 0 bridgehead atoms. The number of hydrogen-bond donors (Lipinski definition) is 2. The monoisotopic (exact) mass is 133 g/mol. The van der Waals surface area contributed by atoms with E-state index in [9.17, 15) is 4.79 Å². The minimum Gasteiger partial charge on any atom is -0.402 e. The van der Waals surface area contributed by atoms with Crippen LogP contribution < -0.4 is 5.73 Å². The molecule has 3 nitrogen and oxygen atoms in total. The minimum atomic E-state index is -0.485. The van der Waals surface area contributed by atoms with Crippen LogP contribution in [0.4, 0.5) is 0 Å². The highest BCUT2D eigenvalue weighted by Crippen LogP contribution is 1.92. The Bertz CT molecular complexity index is 113. The number of carbonyl (C=O) groups is 1. The Hall–Kier alpha value is -0.640. The third-order valence-corrected chi connectivity index (χ3v) is 0.677. The number of carbonyl (C=O) groups excluding carboxylic acids is 1. The highest BCUT2D eigenvalue weighted by Gasteiger charge is 1.98. The fourth-order valence-electron chi connectivity index (χ4n) is 0.218. The molecule has 0 unspecified atom stereocenters. The van der Waals surface area contributed by atoms with Crippen LogP contribution in [-0.4, -0.2) is 5.97 Å². The fraction of sp³-hybridized carbons (Fsp3) is 0.250. The standard InChI is InChI=1S/C4H7NO2S/c1-3(5)2-4(6)7-8/h8H,1-2,5H2. The quantitative estimate of drug-likeness (QED) is 0.419. The van der Waals surface area contributed by atoms with Crippen molar-refractivity contribution >= 4 is 18.9 Å². The molecule has 0 amide bonds. The molecule has 0 radical (unpaired) electrons. The summed E-state index contributed by atoms with van der Waals surface area (Å²) in [6.45, 7) is 3.29. The zero-order valence-electron chi connectivity index (χ0n) is 4.26.